The van der Waals surface area contributed by atoms with Crippen molar-refractivity contribution in [2.24, 2.45) is 11.8 Å². The quantitative estimate of drug-likeness (QED) is 0.785. The van der Waals surface area contributed by atoms with Crippen LogP contribution in [0.3, 0.4) is 0 Å². The summed E-state index contributed by atoms with van der Waals surface area (Å²) >= 11 is 0. The summed E-state index contributed by atoms with van der Waals surface area (Å²) < 4.78 is 27.5. The monoisotopic (exact) mass is 427 g/mol. The third-order valence-corrected chi connectivity index (χ3v) is 7.79. The standard InChI is InChI=1S/C22H24N2O5S/c25-21(18-6-2-3-7-19(18)22(26)27)23-16-9-11-17(12-10-16)30(28,29)24-14-13-15-5-1-4-8-20(15)24/h1,4-5,8-12,18-19H,2-3,6-7,13-14H2,(H,23,25)(H,26,27)/p-1/t18-,19+/m1/s1. The van der Waals surface area contributed by atoms with E-state index in [1.165, 1.54) is 28.6 Å². The number of carboxylic acid groups (broad SMARTS) is 1. The number of aliphatic carboxylic acids is 1. The Labute approximate surface area is 175 Å². The molecule has 0 saturated heterocycles. The van der Waals surface area contributed by atoms with Gasteiger partial charge in [-0.05, 0) is 55.2 Å². The highest BCUT2D eigenvalue weighted by atomic mass is 32.2. The van der Waals surface area contributed by atoms with Gasteiger partial charge >= 0.3 is 0 Å². The number of carboxylic acids is 1. The molecule has 4 rings (SSSR count). The number of benzene rings is 2. The summed E-state index contributed by atoms with van der Waals surface area (Å²) in [4.78, 5) is 24.1. The third-order valence-electron chi connectivity index (χ3n) is 5.96. The third kappa shape index (κ3) is 3.79. The van der Waals surface area contributed by atoms with E-state index in [1.54, 1.807) is 6.07 Å². The SMILES string of the molecule is O=C([O-])[C@H]1CCCC[C@H]1C(=O)Nc1ccc(S(=O)(=O)N2CCc3ccccc32)cc1. The fourth-order valence-electron chi connectivity index (χ4n) is 4.36. The second-order valence-electron chi connectivity index (χ2n) is 7.79. The number of nitrogens with one attached hydrogen (secondary N) is 1. The first-order valence-electron chi connectivity index (χ1n) is 10.1. The molecule has 2 aliphatic rings. The van der Waals surface area contributed by atoms with Crippen molar-refractivity contribution in [1.29, 1.82) is 0 Å². The molecule has 1 N–H and O–H groups in total. The van der Waals surface area contributed by atoms with Crippen molar-refractivity contribution in [2.45, 2.75) is 37.0 Å². The Bertz CT molecular complexity index is 1070. The van der Waals surface area contributed by atoms with Gasteiger partial charge in [-0.15, -0.1) is 0 Å². The molecule has 2 atom stereocenters. The lowest BCUT2D eigenvalue weighted by Gasteiger charge is -2.31. The van der Waals surface area contributed by atoms with Crippen LogP contribution in [0, 0.1) is 11.8 Å². The first-order valence-corrected chi connectivity index (χ1v) is 11.5. The topological polar surface area (TPSA) is 107 Å². The lowest BCUT2D eigenvalue weighted by atomic mass is 9.78. The number of carbonyl (C=O) groups excluding carboxylic acids is 2. The molecule has 30 heavy (non-hydrogen) atoms. The van der Waals surface area contributed by atoms with Crippen LogP contribution >= 0.6 is 0 Å². The Morgan fingerprint density at radius 1 is 0.967 bits per heavy atom. The second kappa shape index (κ2) is 8.10. The van der Waals surface area contributed by atoms with Gasteiger partial charge < -0.3 is 15.2 Å². The zero-order valence-electron chi connectivity index (χ0n) is 16.4. The molecule has 7 nitrogen and oxygen atoms in total. The molecular formula is C22H23N2O5S-. The van der Waals surface area contributed by atoms with Crippen LogP contribution in [0.1, 0.15) is 31.2 Å². The van der Waals surface area contributed by atoms with Crippen LogP contribution in [0.4, 0.5) is 11.4 Å². The Balaban J connectivity index is 1.49. The van der Waals surface area contributed by atoms with E-state index < -0.39 is 27.8 Å². The molecule has 0 bridgehead atoms. The van der Waals surface area contributed by atoms with E-state index in [4.69, 9.17) is 0 Å². The zero-order chi connectivity index (χ0) is 21.3. The molecular weight excluding hydrogens is 404 g/mol. The average molecular weight is 428 g/mol. The van der Waals surface area contributed by atoms with E-state index in [0.717, 1.165) is 18.4 Å². The molecule has 0 spiro atoms. The van der Waals surface area contributed by atoms with Crippen LogP contribution in [-0.2, 0) is 26.0 Å². The van der Waals surface area contributed by atoms with E-state index in [1.807, 2.05) is 18.2 Å². The molecule has 2 aromatic rings. The van der Waals surface area contributed by atoms with E-state index in [2.05, 4.69) is 5.32 Å². The van der Waals surface area contributed by atoms with E-state index >= 15 is 0 Å². The van der Waals surface area contributed by atoms with Crippen molar-refractivity contribution >= 4 is 33.3 Å². The Kier molecular flexibility index (Phi) is 5.51. The zero-order valence-corrected chi connectivity index (χ0v) is 17.2. The number of hydrogen-bond donors (Lipinski definition) is 1. The summed E-state index contributed by atoms with van der Waals surface area (Å²) in [5.41, 5.74) is 2.13. The van der Waals surface area contributed by atoms with Crippen LogP contribution in [0.25, 0.3) is 0 Å². The van der Waals surface area contributed by atoms with Crippen molar-refractivity contribution in [3.05, 3.63) is 54.1 Å². The van der Waals surface area contributed by atoms with Gasteiger partial charge in [0.25, 0.3) is 10.0 Å². The summed E-state index contributed by atoms with van der Waals surface area (Å²) in [6.07, 6.45) is 3.19. The van der Waals surface area contributed by atoms with Crippen LogP contribution in [0.15, 0.2) is 53.4 Å². The minimum atomic E-state index is -3.70. The summed E-state index contributed by atoms with van der Waals surface area (Å²) in [5.74, 6) is -2.97. The summed E-state index contributed by atoms with van der Waals surface area (Å²) in [6.45, 7) is 0.395. The van der Waals surface area contributed by atoms with Gasteiger partial charge in [0.2, 0.25) is 5.91 Å². The number of nitrogens with zero attached hydrogens (tertiary/aromatic N) is 1. The number of amides is 1. The smallest absolute Gasteiger partial charge is 0.264 e. The van der Waals surface area contributed by atoms with Crippen LogP contribution < -0.4 is 14.7 Å². The Hall–Kier alpha value is -2.87. The molecule has 1 amide bonds. The lowest BCUT2D eigenvalue weighted by Crippen LogP contribution is -2.42. The predicted octanol–water partition coefficient (Wildman–Crippen LogP) is 1.93. The van der Waals surface area contributed by atoms with Gasteiger partial charge in [0, 0.05) is 30.0 Å². The van der Waals surface area contributed by atoms with E-state index in [-0.39, 0.29) is 10.8 Å². The predicted molar refractivity (Wildman–Crippen MR) is 110 cm³/mol. The van der Waals surface area contributed by atoms with Crippen molar-refractivity contribution in [3.63, 3.8) is 0 Å². The highest BCUT2D eigenvalue weighted by Gasteiger charge is 2.32. The minimum absolute atomic E-state index is 0.141. The van der Waals surface area contributed by atoms with Crippen molar-refractivity contribution in [1.82, 2.24) is 0 Å². The van der Waals surface area contributed by atoms with Gasteiger partial charge in [0.05, 0.1) is 10.6 Å². The molecule has 2 aromatic carbocycles. The number of rotatable bonds is 5. The Morgan fingerprint density at radius 3 is 2.33 bits per heavy atom. The first-order chi connectivity index (χ1) is 14.4. The van der Waals surface area contributed by atoms with Gasteiger partial charge in [-0.25, -0.2) is 8.42 Å². The molecule has 1 heterocycles. The number of fused-ring (bicyclic) bond motifs is 1. The van der Waals surface area contributed by atoms with Crippen molar-refractivity contribution in [2.75, 3.05) is 16.2 Å². The fourth-order valence-corrected chi connectivity index (χ4v) is 5.86. The van der Waals surface area contributed by atoms with E-state index in [0.29, 0.717) is 37.2 Å². The number of para-hydroxylation sites is 1. The van der Waals surface area contributed by atoms with E-state index in [9.17, 15) is 23.1 Å². The Morgan fingerprint density at radius 2 is 1.63 bits per heavy atom. The highest BCUT2D eigenvalue weighted by Crippen LogP contribution is 2.33. The number of sulfonamides is 1. The molecule has 1 aliphatic carbocycles. The maximum atomic E-state index is 13.1. The van der Waals surface area contributed by atoms with Gasteiger partial charge in [0.1, 0.15) is 0 Å². The molecule has 1 saturated carbocycles. The molecule has 8 heteroatoms. The summed E-state index contributed by atoms with van der Waals surface area (Å²) in [5, 5.41) is 14.0. The van der Waals surface area contributed by atoms with Crippen LogP contribution in [0.5, 0.6) is 0 Å². The lowest BCUT2D eigenvalue weighted by molar-refractivity contribution is -0.313. The molecule has 158 valence electrons. The number of carbonyl (C=O) groups is 2. The molecule has 0 aromatic heterocycles. The maximum absolute atomic E-state index is 13.1. The van der Waals surface area contributed by atoms with Crippen molar-refractivity contribution in [3.8, 4) is 0 Å². The van der Waals surface area contributed by atoms with Gasteiger partial charge in [0.15, 0.2) is 0 Å². The molecule has 0 unspecified atom stereocenters. The summed E-state index contributed by atoms with van der Waals surface area (Å²) in [6, 6.07) is 13.4. The average Bonchev–Trinajstić information content (AvgIpc) is 3.19. The molecule has 1 aliphatic heterocycles. The van der Waals surface area contributed by atoms with Gasteiger partial charge in [-0.2, -0.15) is 0 Å². The van der Waals surface area contributed by atoms with Crippen molar-refractivity contribution < 1.29 is 23.1 Å². The second-order valence-corrected chi connectivity index (χ2v) is 9.65. The summed E-state index contributed by atoms with van der Waals surface area (Å²) in [7, 11) is -3.70. The highest BCUT2D eigenvalue weighted by molar-refractivity contribution is 7.92. The van der Waals surface area contributed by atoms with Crippen LogP contribution in [-0.4, -0.2) is 26.8 Å². The maximum Gasteiger partial charge on any atom is 0.264 e. The minimum Gasteiger partial charge on any atom is -0.550 e. The van der Waals surface area contributed by atoms with Gasteiger partial charge in [-0.1, -0.05) is 31.0 Å². The number of anilines is 2. The molecule has 1 fully saturated rings. The largest absolute Gasteiger partial charge is 0.550 e. The first kappa shape index (κ1) is 20.4. The number of hydrogen-bond acceptors (Lipinski definition) is 5. The fraction of sp³-hybridized carbons (Fsp3) is 0.364. The van der Waals surface area contributed by atoms with Crippen LogP contribution in [0.2, 0.25) is 0 Å². The molecule has 0 radical (unpaired) electrons. The van der Waals surface area contributed by atoms with Gasteiger partial charge in [-0.3, -0.25) is 9.10 Å². The normalized spacial score (nSPS) is 21.1.